The van der Waals surface area contributed by atoms with Gasteiger partial charge in [0, 0.05) is 4.88 Å². The van der Waals surface area contributed by atoms with Crippen LogP contribution in [0.1, 0.15) is 45.2 Å². The van der Waals surface area contributed by atoms with E-state index in [0.29, 0.717) is 11.7 Å². The maximum Gasteiger partial charge on any atom is 0.357 e. The highest BCUT2D eigenvalue weighted by molar-refractivity contribution is 7.98. The normalized spacial score (nSPS) is 13.4. The molecule has 0 saturated carbocycles. The third-order valence-corrected chi connectivity index (χ3v) is 7.47. The fourth-order valence-electron chi connectivity index (χ4n) is 3.84. The first-order valence-corrected chi connectivity index (χ1v) is 11.8. The number of carboxylic acid groups (broad SMARTS) is 1. The summed E-state index contributed by atoms with van der Waals surface area (Å²) in [5.41, 5.74) is 2.03. The number of nitrogens with zero attached hydrogens (tertiary/aromatic N) is 3. The zero-order chi connectivity index (χ0) is 21.4. The molecule has 0 bridgehead atoms. The number of hydrogen-bond donors (Lipinski definition) is 1. The van der Waals surface area contributed by atoms with Gasteiger partial charge in [0.25, 0.3) is 5.56 Å². The largest absolute Gasteiger partial charge is 0.476 e. The molecule has 158 valence electrons. The van der Waals surface area contributed by atoms with E-state index in [4.69, 9.17) is 14.5 Å². The third-order valence-electron chi connectivity index (χ3n) is 5.32. The van der Waals surface area contributed by atoms with Crippen LogP contribution < -0.4 is 5.56 Å². The molecule has 3 aromatic heterocycles. The number of fused-ring (bicyclic) bond motifs is 3. The van der Waals surface area contributed by atoms with Crippen molar-refractivity contribution in [1.29, 1.82) is 0 Å². The number of hydrogen-bond acceptors (Lipinski definition) is 7. The van der Waals surface area contributed by atoms with Crippen LogP contribution in [0, 0.1) is 0 Å². The Morgan fingerprint density at radius 1 is 1.19 bits per heavy atom. The van der Waals surface area contributed by atoms with Crippen LogP contribution >= 0.6 is 23.1 Å². The van der Waals surface area contributed by atoms with Gasteiger partial charge in [0.05, 0.1) is 17.7 Å². The van der Waals surface area contributed by atoms with Crippen LogP contribution in [-0.2, 0) is 25.1 Å². The highest BCUT2D eigenvalue weighted by Gasteiger charge is 2.23. The first kappa shape index (κ1) is 20.0. The molecule has 1 aliphatic carbocycles. The monoisotopic (exact) mass is 453 g/mol. The van der Waals surface area contributed by atoms with Crippen LogP contribution in [0.3, 0.4) is 0 Å². The number of aromatic nitrogens is 3. The van der Waals surface area contributed by atoms with E-state index in [1.807, 2.05) is 30.3 Å². The predicted molar refractivity (Wildman–Crippen MR) is 119 cm³/mol. The smallest absolute Gasteiger partial charge is 0.357 e. The fraction of sp³-hybridized carbons (Fsp3) is 0.273. The summed E-state index contributed by atoms with van der Waals surface area (Å²) in [6.45, 7) is 0.418. The van der Waals surface area contributed by atoms with Crippen molar-refractivity contribution < 1.29 is 14.3 Å². The number of thiophene rings is 1. The molecule has 0 spiro atoms. The highest BCUT2D eigenvalue weighted by Crippen LogP contribution is 2.35. The predicted octanol–water partition coefficient (Wildman–Crippen LogP) is 4.36. The third kappa shape index (κ3) is 3.90. The lowest BCUT2D eigenvalue weighted by molar-refractivity contribution is 0.0690. The number of oxazole rings is 1. The topological polar surface area (TPSA) is 98.2 Å². The zero-order valence-corrected chi connectivity index (χ0v) is 18.2. The van der Waals surface area contributed by atoms with E-state index in [1.165, 1.54) is 22.2 Å². The maximum atomic E-state index is 13.6. The molecule has 3 heterocycles. The van der Waals surface area contributed by atoms with E-state index in [9.17, 15) is 9.59 Å². The lowest BCUT2D eigenvalue weighted by Crippen LogP contribution is -2.24. The van der Waals surface area contributed by atoms with Gasteiger partial charge in [-0.3, -0.25) is 9.36 Å². The summed E-state index contributed by atoms with van der Waals surface area (Å²) in [6.07, 6.45) is 5.31. The summed E-state index contributed by atoms with van der Waals surface area (Å²) >= 11 is 2.95. The van der Waals surface area contributed by atoms with E-state index in [1.54, 1.807) is 15.9 Å². The summed E-state index contributed by atoms with van der Waals surface area (Å²) in [7, 11) is 0. The van der Waals surface area contributed by atoms with Crippen molar-refractivity contribution in [3.05, 3.63) is 74.5 Å². The van der Waals surface area contributed by atoms with Gasteiger partial charge in [-0.1, -0.05) is 42.1 Å². The first-order valence-electron chi connectivity index (χ1n) is 9.99. The van der Waals surface area contributed by atoms with Gasteiger partial charge >= 0.3 is 5.97 Å². The molecular weight excluding hydrogens is 434 g/mol. The number of carbonyl (C=O) groups is 1. The van der Waals surface area contributed by atoms with Crippen LogP contribution in [0.15, 0.2) is 51.0 Å². The zero-order valence-electron chi connectivity index (χ0n) is 16.5. The lowest BCUT2D eigenvalue weighted by atomic mass is 9.97. The summed E-state index contributed by atoms with van der Waals surface area (Å²) < 4.78 is 6.98. The van der Waals surface area contributed by atoms with Crippen LogP contribution in [0.4, 0.5) is 0 Å². The molecule has 0 aliphatic heterocycles. The summed E-state index contributed by atoms with van der Waals surface area (Å²) in [4.78, 5) is 35.5. The number of thioether (sulfide) groups is 1. The van der Waals surface area contributed by atoms with Gasteiger partial charge in [-0.25, -0.2) is 14.8 Å². The minimum absolute atomic E-state index is 0.0191. The van der Waals surface area contributed by atoms with Crippen LogP contribution in [0.2, 0.25) is 0 Å². The van der Waals surface area contributed by atoms with Crippen molar-refractivity contribution in [2.45, 2.75) is 43.1 Å². The van der Waals surface area contributed by atoms with E-state index < -0.39 is 5.97 Å². The second-order valence-corrected chi connectivity index (χ2v) is 9.41. The average molecular weight is 454 g/mol. The number of carboxylic acids is 1. The highest BCUT2D eigenvalue weighted by atomic mass is 32.2. The summed E-state index contributed by atoms with van der Waals surface area (Å²) in [5, 5.41) is 10.4. The van der Waals surface area contributed by atoms with E-state index >= 15 is 0 Å². The number of aromatic carboxylic acids is 1. The van der Waals surface area contributed by atoms with Crippen molar-refractivity contribution in [3.8, 4) is 0 Å². The van der Waals surface area contributed by atoms with Gasteiger partial charge in [0.1, 0.15) is 11.1 Å². The Morgan fingerprint density at radius 3 is 2.77 bits per heavy atom. The second kappa shape index (κ2) is 8.32. The molecular formula is C22H19N3O4S2. The molecule has 5 rings (SSSR count). The van der Waals surface area contributed by atoms with Crippen LogP contribution in [0.25, 0.3) is 10.2 Å². The van der Waals surface area contributed by atoms with Crippen LogP contribution in [0.5, 0.6) is 0 Å². The Morgan fingerprint density at radius 2 is 2.00 bits per heavy atom. The quantitative estimate of drug-likeness (QED) is 0.342. The molecule has 7 nitrogen and oxygen atoms in total. The minimum atomic E-state index is -1.13. The van der Waals surface area contributed by atoms with Crippen LogP contribution in [-0.4, -0.2) is 25.6 Å². The molecule has 0 unspecified atom stereocenters. The van der Waals surface area contributed by atoms with Gasteiger partial charge in [0.15, 0.2) is 10.9 Å². The number of benzene rings is 1. The average Bonchev–Trinajstić information content (AvgIpc) is 3.40. The molecule has 9 heteroatoms. The molecule has 31 heavy (non-hydrogen) atoms. The molecule has 1 aromatic carbocycles. The second-order valence-electron chi connectivity index (χ2n) is 7.38. The molecule has 0 radical (unpaired) electrons. The van der Waals surface area contributed by atoms with E-state index in [-0.39, 0.29) is 22.9 Å². The lowest BCUT2D eigenvalue weighted by Gasteiger charge is -2.13. The Balaban J connectivity index is 1.56. The number of aryl methyl sites for hydroxylation is 2. The Labute approximate surface area is 185 Å². The van der Waals surface area contributed by atoms with Gasteiger partial charge in [-0.2, -0.15) is 0 Å². The molecule has 0 amide bonds. The van der Waals surface area contributed by atoms with E-state index in [2.05, 4.69) is 4.98 Å². The minimum Gasteiger partial charge on any atom is -0.476 e. The maximum absolute atomic E-state index is 13.6. The van der Waals surface area contributed by atoms with Gasteiger partial charge in [0.2, 0.25) is 5.89 Å². The van der Waals surface area contributed by atoms with E-state index in [0.717, 1.165) is 47.7 Å². The summed E-state index contributed by atoms with van der Waals surface area (Å²) in [6, 6.07) is 9.82. The fourth-order valence-corrected chi connectivity index (χ4v) is 5.99. The van der Waals surface area contributed by atoms with Crippen molar-refractivity contribution in [2.75, 3.05) is 0 Å². The van der Waals surface area contributed by atoms with Crippen molar-refractivity contribution in [3.63, 3.8) is 0 Å². The Kier molecular flexibility index (Phi) is 5.37. The standard InChI is InChI=1S/C22H19N3O4S2/c26-20-18-14-8-4-5-9-16(14)31-19(18)24-22(25(20)10-13-6-2-1-3-7-13)30-12-17-23-15(11-29-17)21(27)28/h1-3,6-7,11H,4-5,8-10,12H2,(H,27,28). The molecule has 0 atom stereocenters. The van der Waals surface area contributed by atoms with Crippen molar-refractivity contribution >= 4 is 39.3 Å². The molecule has 0 fully saturated rings. The molecule has 0 saturated heterocycles. The molecule has 4 aromatic rings. The Bertz CT molecular complexity index is 1320. The molecule has 1 N–H and O–H groups in total. The van der Waals surface area contributed by atoms with Gasteiger partial charge in [-0.15, -0.1) is 11.3 Å². The summed E-state index contributed by atoms with van der Waals surface area (Å²) in [5.74, 6) is -0.566. The van der Waals surface area contributed by atoms with Gasteiger partial charge < -0.3 is 9.52 Å². The van der Waals surface area contributed by atoms with Crippen molar-refractivity contribution in [1.82, 2.24) is 14.5 Å². The van der Waals surface area contributed by atoms with Crippen molar-refractivity contribution in [2.24, 2.45) is 0 Å². The molecule has 1 aliphatic rings. The SMILES string of the molecule is O=C(O)c1coc(CSc2nc3sc4c(c3c(=O)n2Cc2ccccc2)CCCC4)n1. The van der Waals surface area contributed by atoms with Gasteiger partial charge in [-0.05, 0) is 36.8 Å². The number of rotatable bonds is 6. The Hall–Kier alpha value is -2.91. The first-order chi connectivity index (χ1) is 15.1.